The lowest BCUT2D eigenvalue weighted by Crippen LogP contribution is -2.19. The molecule has 34 heavy (non-hydrogen) atoms. The molecule has 1 heterocycles. The van der Waals surface area contributed by atoms with Gasteiger partial charge in [-0.15, -0.1) is 0 Å². The summed E-state index contributed by atoms with van der Waals surface area (Å²) in [6.45, 7) is 2.41. The van der Waals surface area contributed by atoms with Crippen molar-refractivity contribution >= 4 is 41.0 Å². The van der Waals surface area contributed by atoms with Crippen LogP contribution in [0.15, 0.2) is 65.8 Å². The summed E-state index contributed by atoms with van der Waals surface area (Å²) in [5.74, 6) is 0.835. The molecule has 0 saturated carbocycles. The van der Waals surface area contributed by atoms with Gasteiger partial charge in [0, 0.05) is 39.9 Å². The van der Waals surface area contributed by atoms with Crippen molar-refractivity contribution in [2.75, 3.05) is 25.1 Å². The van der Waals surface area contributed by atoms with E-state index in [2.05, 4.69) is 15.4 Å². The third-order valence-corrected chi connectivity index (χ3v) is 6.15. The largest absolute Gasteiger partial charge is 0.493 e. The van der Waals surface area contributed by atoms with Crippen LogP contribution in [0.25, 0.3) is 0 Å². The number of hydrogen-bond donors (Lipinski definition) is 1. The molecular formula is C26H25Cl2N3O3. The van der Waals surface area contributed by atoms with Gasteiger partial charge in [0.25, 0.3) is 5.91 Å². The highest BCUT2D eigenvalue weighted by Gasteiger charge is 2.13. The SMILES string of the molecule is COc1cc(/C=N\NC(=O)c2ccc(N3CCCC3)cc2)ccc1OCc1ccc(Cl)cc1Cl. The van der Waals surface area contributed by atoms with Gasteiger partial charge in [0.2, 0.25) is 0 Å². The molecule has 6 nitrogen and oxygen atoms in total. The quantitative estimate of drug-likeness (QED) is 0.308. The molecule has 4 rings (SSSR count). The van der Waals surface area contributed by atoms with E-state index in [1.165, 1.54) is 12.8 Å². The summed E-state index contributed by atoms with van der Waals surface area (Å²) in [7, 11) is 1.56. The highest BCUT2D eigenvalue weighted by Crippen LogP contribution is 2.30. The highest BCUT2D eigenvalue weighted by molar-refractivity contribution is 6.35. The summed E-state index contributed by atoms with van der Waals surface area (Å²) in [5.41, 5.74) is 5.83. The Balaban J connectivity index is 1.34. The third-order valence-electron chi connectivity index (χ3n) is 5.57. The molecule has 1 aliphatic heterocycles. The summed E-state index contributed by atoms with van der Waals surface area (Å²) >= 11 is 12.1. The number of carbonyl (C=O) groups is 1. The molecule has 0 bridgehead atoms. The number of methoxy groups -OCH3 is 1. The van der Waals surface area contributed by atoms with Crippen molar-refractivity contribution in [2.45, 2.75) is 19.4 Å². The van der Waals surface area contributed by atoms with Gasteiger partial charge in [-0.2, -0.15) is 5.10 Å². The fraction of sp³-hybridized carbons (Fsp3) is 0.231. The Kier molecular flexibility index (Phi) is 7.93. The van der Waals surface area contributed by atoms with Crippen molar-refractivity contribution in [3.8, 4) is 11.5 Å². The van der Waals surface area contributed by atoms with E-state index in [1.54, 1.807) is 37.6 Å². The van der Waals surface area contributed by atoms with Crippen LogP contribution < -0.4 is 19.8 Å². The van der Waals surface area contributed by atoms with Crippen LogP contribution in [0.5, 0.6) is 11.5 Å². The van der Waals surface area contributed by atoms with Gasteiger partial charge in [-0.05, 0) is 73.0 Å². The molecule has 3 aromatic carbocycles. The smallest absolute Gasteiger partial charge is 0.271 e. The number of rotatable bonds is 8. The number of carbonyl (C=O) groups excluding carboxylic acids is 1. The molecule has 0 unspecified atom stereocenters. The zero-order chi connectivity index (χ0) is 23.9. The maximum absolute atomic E-state index is 12.4. The van der Waals surface area contributed by atoms with Crippen LogP contribution in [0.3, 0.4) is 0 Å². The molecule has 1 aliphatic rings. The number of ether oxygens (including phenoxy) is 2. The predicted molar refractivity (Wildman–Crippen MR) is 137 cm³/mol. The molecule has 1 amide bonds. The van der Waals surface area contributed by atoms with E-state index in [4.69, 9.17) is 32.7 Å². The van der Waals surface area contributed by atoms with Gasteiger partial charge in [-0.1, -0.05) is 29.3 Å². The van der Waals surface area contributed by atoms with Crippen LogP contribution in [-0.4, -0.2) is 32.3 Å². The molecule has 1 saturated heterocycles. The van der Waals surface area contributed by atoms with E-state index < -0.39 is 0 Å². The van der Waals surface area contributed by atoms with Gasteiger partial charge in [0.1, 0.15) is 6.61 Å². The second kappa shape index (κ2) is 11.3. The molecule has 176 valence electrons. The van der Waals surface area contributed by atoms with Crippen molar-refractivity contribution in [3.63, 3.8) is 0 Å². The zero-order valence-electron chi connectivity index (χ0n) is 18.8. The fourth-order valence-corrected chi connectivity index (χ4v) is 4.17. The van der Waals surface area contributed by atoms with E-state index in [-0.39, 0.29) is 12.5 Å². The van der Waals surface area contributed by atoms with Crippen LogP contribution in [0.1, 0.15) is 34.3 Å². The molecule has 0 aromatic heterocycles. The monoisotopic (exact) mass is 497 g/mol. The lowest BCUT2D eigenvalue weighted by Gasteiger charge is -2.17. The number of benzene rings is 3. The third kappa shape index (κ3) is 6.01. The molecular weight excluding hydrogens is 473 g/mol. The number of anilines is 1. The van der Waals surface area contributed by atoms with Gasteiger partial charge < -0.3 is 14.4 Å². The number of amides is 1. The Hall–Kier alpha value is -3.22. The van der Waals surface area contributed by atoms with E-state index in [0.717, 1.165) is 29.9 Å². The van der Waals surface area contributed by atoms with Crippen LogP contribution in [0.4, 0.5) is 5.69 Å². The second-order valence-corrected chi connectivity index (χ2v) is 8.72. The van der Waals surface area contributed by atoms with Gasteiger partial charge in [-0.3, -0.25) is 4.79 Å². The van der Waals surface area contributed by atoms with E-state index in [1.807, 2.05) is 36.4 Å². The Morgan fingerprint density at radius 1 is 1.03 bits per heavy atom. The van der Waals surface area contributed by atoms with E-state index >= 15 is 0 Å². The Morgan fingerprint density at radius 3 is 2.50 bits per heavy atom. The molecule has 0 atom stereocenters. The Labute approximate surface area is 209 Å². The van der Waals surface area contributed by atoms with Crippen molar-refractivity contribution in [3.05, 3.63) is 87.4 Å². The summed E-state index contributed by atoms with van der Waals surface area (Å²) in [5, 5.41) is 5.18. The number of nitrogens with one attached hydrogen (secondary N) is 1. The maximum Gasteiger partial charge on any atom is 0.271 e. The number of nitrogens with zero attached hydrogens (tertiary/aromatic N) is 2. The standard InChI is InChI=1S/C26H25Cl2N3O3/c1-33-25-14-18(4-11-24(25)34-17-20-5-8-21(27)15-23(20)28)16-29-30-26(32)19-6-9-22(10-7-19)31-12-2-3-13-31/h4-11,14-16H,2-3,12-13,17H2,1H3,(H,30,32)/b29-16-. The van der Waals surface area contributed by atoms with Gasteiger partial charge >= 0.3 is 0 Å². The topological polar surface area (TPSA) is 63.2 Å². The molecule has 3 aromatic rings. The minimum atomic E-state index is -0.268. The lowest BCUT2D eigenvalue weighted by atomic mass is 10.2. The summed E-state index contributed by atoms with van der Waals surface area (Å²) in [6.07, 6.45) is 3.98. The number of hydrogen-bond acceptors (Lipinski definition) is 5. The number of hydrazone groups is 1. The summed E-state index contributed by atoms with van der Waals surface area (Å²) in [6, 6.07) is 18.2. The second-order valence-electron chi connectivity index (χ2n) is 7.87. The van der Waals surface area contributed by atoms with Crippen LogP contribution >= 0.6 is 23.2 Å². The highest BCUT2D eigenvalue weighted by atomic mass is 35.5. The van der Waals surface area contributed by atoms with Crippen molar-refractivity contribution in [1.29, 1.82) is 0 Å². The van der Waals surface area contributed by atoms with Crippen LogP contribution in [0.2, 0.25) is 10.0 Å². The molecule has 0 spiro atoms. The predicted octanol–water partition coefficient (Wildman–Crippen LogP) is 5.95. The van der Waals surface area contributed by atoms with E-state index in [0.29, 0.717) is 27.1 Å². The molecule has 1 N–H and O–H groups in total. The van der Waals surface area contributed by atoms with Crippen LogP contribution in [-0.2, 0) is 6.61 Å². The minimum Gasteiger partial charge on any atom is -0.493 e. The molecule has 8 heteroatoms. The average Bonchev–Trinajstić information content (AvgIpc) is 3.39. The summed E-state index contributed by atoms with van der Waals surface area (Å²) < 4.78 is 11.3. The minimum absolute atomic E-state index is 0.268. The first kappa shape index (κ1) is 23.9. The Bertz CT molecular complexity index is 1180. The first-order valence-corrected chi connectivity index (χ1v) is 11.7. The fourth-order valence-electron chi connectivity index (χ4n) is 3.71. The first-order valence-electron chi connectivity index (χ1n) is 11.0. The molecule has 0 aliphatic carbocycles. The summed E-state index contributed by atoms with van der Waals surface area (Å²) in [4.78, 5) is 14.7. The maximum atomic E-state index is 12.4. The van der Waals surface area contributed by atoms with Crippen molar-refractivity contribution in [2.24, 2.45) is 5.10 Å². The molecule has 1 fully saturated rings. The number of halogens is 2. The Morgan fingerprint density at radius 2 is 1.79 bits per heavy atom. The lowest BCUT2D eigenvalue weighted by molar-refractivity contribution is 0.0955. The van der Waals surface area contributed by atoms with E-state index in [9.17, 15) is 4.79 Å². The first-order chi connectivity index (χ1) is 16.5. The zero-order valence-corrected chi connectivity index (χ0v) is 20.3. The normalized spacial score (nSPS) is 13.3. The van der Waals surface area contributed by atoms with Crippen molar-refractivity contribution < 1.29 is 14.3 Å². The van der Waals surface area contributed by atoms with Crippen LogP contribution in [0, 0.1) is 0 Å². The van der Waals surface area contributed by atoms with Crippen molar-refractivity contribution in [1.82, 2.24) is 5.43 Å². The van der Waals surface area contributed by atoms with Gasteiger partial charge in [0.05, 0.1) is 13.3 Å². The van der Waals surface area contributed by atoms with Gasteiger partial charge in [0.15, 0.2) is 11.5 Å². The molecule has 0 radical (unpaired) electrons. The van der Waals surface area contributed by atoms with Gasteiger partial charge in [-0.25, -0.2) is 5.43 Å². The average molecular weight is 498 g/mol.